The minimum Gasteiger partial charge on any atom is -0.369 e. The summed E-state index contributed by atoms with van der Waals surface area (Å²) in [5.41, 5.74) is 2.16. The Kier molecular flexibility index (Phi) is 7.21. The van der Waals surface area contributed by atoms with E-state index in [0.29, 0.717) is 17.2 Å². The van der Waals surface area contributed by atoms with Crippen LogP contribution >= 0.6 is 0 Å². The molecule has 0 bridgehead atoms. The summed E-state index contributed by atoms with van der Waals surface area (Å²) < 4.78 is 26.1. The maximum Gasteiger partial charge on any atom is 0.251 e. The second-order valence-electron chi connectivity index (χ2n) is 7.00. The number of nitrogens with zero attached hydrogens (tertiary/aromatic N) is 2. The molecule has 0 aromatic heterocycles. The van der Waals surface area contributed by atoms with Gasteiger partial charge in [-0.3, -0.25) is 4.79 Å². The summed E-state index contributed by atoms with van der Waals surface area (Å²) >= 11 is 0. The number of rotatable bonds is 8. The minimum atomic E-state index is -3.57. The van der Waals surface area contributed by atoms with Gasteiger partial charge in [0.1, 0.15) is 0 Å². The number of nitrogens with one attached hydrogen (secondary N) is 1. The maximum atomic E-state index is 12.5. The normalized spacial score (nSPS) is 11.7. The lowest BCUT2D eigenvalue weighted by Crippen LogP contribution is -2.30. The Balaban J connectivity index is 2.14. The van der Waals surface area contributed by atoms with Gasteiger partial charge >= 0.3 is 0 Å². The van der Waals surface area contributed by atoms with E-state index in [4.69, 9.17) is 0 Å². The zero-order valence-corrected chi connectivity index (χ0v) is 18.0. The van der Waals surface area contributed by atoms with E-state index in [1.807, 2.05) is 12.1 Å². The number of carbonyl (C=O) groups excluding carboxylic acids is 1. The van der Waals surface area contributed by atoms with Crippen molar-refractivity contribution in [3.63, 3.8) is 0 Å². The van der Waals surface area contributed by atoms with E-state index >= 15 is 0 Å². The van der Waals surface area contributed by atoms with Gasteiger partial charge in [-0.15, -0.1) is 0 Å². The summed E-state index contributed by atoms with van der Waals surface area (Å²) in [5.74, 6) is -0.240. The highest BCUT2D eigenvalue weighted by atomic mass is 32.2. The lowest BCUT2D eigenvalue weighted by molar-refractivity contribution is 0.0950. The fourth-order valence-corrected chi connectivity index (χ4v) is 4.14. The number of hydrogen-bond donors (Lipinski definition) is 1. The predicted octanol–water partition coefficient (Wildman–Crippen LogP) is 3.10. The molecule has 0 heterocycles. The highest BCUT2D eigenvalue weighted by Gasteiger charge is 2.21. The Labute approximate surface area is 168 Å². The molecule has 0 saturated carbocycles. The molecular weight excluding hydrogens is 374 g/mol. The largest absolute Gasteiger partial charge is 0.369 e. The van der Waals surface area contributed by atoms with Crippen LogP contribution in [0.15, 0.2) is 53.4 Å². The van der Waals surface area contributed by atoms with Crippen molar-refractivity contribution >= 4 is 21.6 Å². The summed E-state index contributed by atoms with van der Waals surface area (Å²) in [6, 6.07) is 14.5. The first-order chi connectivity index (χ1) is 13.2. The van der Waals surface area contributed by atoms with Crippen molar-refractivity contribution in [3.05, 3.63) is 59.7 Å². The number of amides is 1. The molecule has 1 N–H and O–H groups in total. The molecule has 0 aliphatic rings. The van der Waals surface area contributed by atoms with Gasteiger partial charge in [-0.05, 0) is 56.7 Å². The quantitative estimate of drug-likeness (QED) is 0.735. The summed E-state index contributed by atoms with van der Waals surface area (Å²) in [5, 5.41) is 2.82. The zero-order chi connectivity index (χ0) is 20.9. The van der Waals surface area contributed by atoms with Crippen LogP contribution in [0.25, 0.3) is 0 Å². The molecule has 6 nitrogen and oxygen atoms in total. The molecule has 0 fully saturated rings. The van der Waals surface area contributed by atoms with Gasteiger partial charge in [0.05, 0.1) is 4.90 Å². The summed E-state index contributed by atoms with van der Waals surface area (Å²) in [4.78, 5) is 15.0. The first-order valence-corrected chi connectivity index (χ1v) is 10.8. The number of sulfonamides is 1. The molecule has 1 amide bonds. The van der Waals surface area contributed by atoms with Crippen LogP contribution < -0.4 is 10.2 Å². The highest BCUT2D eigenvalue weighted by molar-refractivity contribution is 7.89. The number of anilines is 1. The van der Waals surface area contributed by atoms with Crippen LogP contribution in [0.1, 0.15) is 36.7 Å². The molecular formula is C21H29N3O3S. The van der Waals surface area contributed by atoms with Crippen molar-refractivity contribution in [2.45, 2.75) is 38.3 Å². The standard InChI is InChI=1S/C21H29N3O3S/c1-6-24(16(2)3)19-13-11-17(12-14-19)21(25)22-15-18-9-7-8-10-20(18)28(26,27)23(4)5/h7-14,16H,6,15H2,1-5H3,(H,22,25). The molecule has 0 spiro atoms. The van der Waals surface area contributed by atoms with Crippen molar-refractivity contribution in [3.8, 4) is 0 Å². The van der Waals surface area contributed by atoms with Gasteiger partial charge in [0, 0.05) is 44.5 Å². The van der Waals surface area contributed by atoms with E-state index in [0.717, 1.165) is 12.2 Å². The first kappa shape index (κ1) is 21.9. The van der Waals surface area contributed by atoms with Crippen molar-refractivity contribution in [2.24, 2.45) is 0 Å². The monoisotopic (exact) mass is 403 g/mol. The zero-order valence-electron chi connectivity index (χ0n) is 17.1. The van der Waals surface area contributed by atoms with Crippen molar-refractivity contribution in [2.75, 3.05) is 25.5 Å². The molecule has 28 heavy (non-hydrogen) atoms. The minimum absolute atomic E-state index is 0.136. The lowest BCUT2D eigenvalue weighted by atomic mass is 10.1. The van der Waals surface area contributed by atoms with Gasteiger partial charge in [-0.1, -0.05) is 18.2 Å². The lowest BCUT2D eigenvalue weighted by Gasteiger charge is -2.27. The van der Waals surface area contributed by atoms with Crippen LogP contribution in [0.4, 0.5) is 5.69 Å². The van der Waals surface area contributed by atoms with E-state index in [1.165, 1.54) is 18.4 Å². The van der Waals surface area contributed by atoms with Crippen LogP contribution in [0.2, 0.25) is 0 Å². The second kappa shape index (κ2) is 9.21. The fraction of sp³-hybridized carbons (Fsp3) is 0.381. The Morgan fingerprint density at radius 3 is 2.18 bits per heavy atom. The van der Waals surface area contributed by atoms with E-state index in [-0.39, 0.29) is 17.3 Å². The van der Waals surface area contributed by atoms with Gasteiger partial charge in [0.25, 0.3) is 5.91 Å². The maximum absolute atomic E-state index is 12.5. The third-order valence-corrected chi connectivity index (χ3v) is 6.51. The Bertz CT molecular complexity index is 907. The molecule has 0 radical (unpaired) electrons. The Hall–Kier alpha value is -2.38. The summed E-state index contributed by atoms with van der Waals surface area (Å²) in [6.07, 6.45) is 0. The van der Waals surface area contributed by atoms with Crippen LogP contribution in [-0.4, -0.2) is 45.3 Å². The van der Waals surface area contributed by atoms with Crippen molar-refractivity contribution in [1.29, 1.82) is 0 Å². The van der Waals surface area contributed by atoms with Crippen molar-refractivity contribution < 1.29 is 13.2 Å². The summed E-state index contributed by atoms with van der Waals surface area (Å²) in [6.45, 7) is 7.38. The van der Waals surface area contributed by atoms with E-state index in [9.17, 15) is 13.2 Å². The molecule has 0 aliphatic carbocycles. The average Bonchev–Trinajstić information content (AvgIpc) is 2.67. The topological polar surface area (TPSA) is 69.7 Å². The average molecular weight is 404 g/mol. The van der Waals surface area contributed by atoms with Gasteiger partial charge < -0.3 is 10.2 Å². The van der Waals surface area contributed by atoms with Crippen LogP contribution in [-0.2, 0) is 16.6 Å². The third-order valence-electron chi connectivity index (χ3n) is 4.60. The molecule has 2 rings (SSSR count). The van der Waals surface area contributed by atoms with Gasteiger partial charge in [0.15, 0.2) is 0 Å². The van der Waals surface area contributed by atoms with Gasteiger partial charge in [0.2, 0.25) is 10.0 Å². The smallest absolute Gasteiger partial charge is 0.251 e. The molecule has 0 aliphatic heterocycles. The van der Waals surface area contributed by atoms with Crippen LogP contribution in [0.3, 0.4) is 0 Å². The Morgan fingerprint density at radius 2 is 1.64 bits per heavy atom. The molecule has 0 unspecified atom stereocenters. The number of carbonyl (C=O) groups is 1. The highest BCUT2D eigenvalue weighted by Crippen LogP contribution is 2.20. The van der Waals surface area contributed by atoms with Crippen LogP contribution in [0.5, 0.6) is 0 Å². The van der Waals surface area contributed by atoms with E-state index in [2.05, 4.69) is 31.0 Å². The van der Waals surface area contributed by atoms with E-state index < -0.39 is 10.0 Å². The SMILES string of the molecule is CCN(c1ccc(C(=O)NCc2ccccc2S(=O)(=O)N(C)C)cc1)C(C)C. The predicted molar refractivity (Wildman–Crippen MR) is 113 cm³/mol. The fourth-order valence-electron chi connectivity index (χ4n) is 3.03. The summed E-state index contributed by atoms with van der Waals surface area (Å²) in [7, 11) is -0.592. The third kappa shape index (κ3) is 4.91. The van der Waals surface area contributed by atoms with Crippen molar-refractivity contribution in [1.82, 2.24) is 9.62 Å². The number of benzene rings is 2. The Morgan fingerprint density at radius 1 is 1.04 bits per heavy atom. The molecule has 2 aromatic carbocycles. The van der Waals surface area contributed by atoms with E-state index in [1.54, 1.807) is 36.4 Å². The number of hydrogen-bond acceptors (Lipinski definition) is 4. The molecule has 152 valence electrons. The van der Waals surface area contributed by atoms with Gasteiger partial charge in [-0.25, -0.2) is 12.7 Å². The van der Waals surface area contributed by atoms with Gasteiger partial charge in [-0.2, -0.15) is 0 Å². The molecule has 7 heteroatoms. The molecule has 2 aromatic rings. The first-order valence-electron chi connectivity index (χ1n) is 9.33. The van der Waals surface area contributed by atoms with Crippen LogP contribution in [0, 0.1) is 0 Å². The second-order valence-corrected chi connectivity index (χ2v) is 9.12. The molecule has 0 atom stereocenters. The molecule has 0 saturated heterocycles.